The van der Waals surface area contributed by atoms with Crippen LogP contribution in [-0.2, 0) is 24.3 Å². The maximum atomic E-state index is 13.1. The van der Waals surface area contributed by atoms with Gasteiger partial charge in [0.05, 0.1) is 33.6 Å². The van der Waals surface area contributed by atoms with Gasteiger partial charge in [-0.05, 0) is 50.2 Å². The Morgan fingerprint density at radius 3 is 1.93 bits per heavy atom. The van der Waals surface area contributed by atoms with E-state index in [4.69, 9.17) is 4.74 Å². The van der Waals surface area contributed by atoms with E-state index >= 15 is 0 Å². The molecule has 7 nitrogen and oxygen atoms in total. The van der Waals surface area contributed by atoms with E-state index in [-0.39, 0.29) is 16.7 Å². The number of hydrogen-bond donors (Lipinski definition) is 1. The second kappa shape index (κ2) is 6.02. The van der Waals surface area contributed by atoms with Gasteiger partial charge in [0.25, 0.3) is 10.0 Å². The van der Waals surface area contributed by atoms with Gasteiger partial charge in [-0.1, -0.05) is 30.4 Å². The number of ether oxygens (including phenoxy) is 1. The number of nitrogens with one attached hydrogen (secondary N) is 1. The van der Waals surface area contributed by atoms with Crippen LogP contribution in [0.2, 0.25) is 0 Å². The molecular formula is C22H20N2O5S. The van der Waals surface area contributed by atoms with Gasteiger partial charge in [-0.15, -0.1) is 0 Å². The molecular weight excluding hydrogens is 404 g/mol. The van der Waals surface area contributed by atoms with Gasteiger partial charge in [0.2, 0.25) is 11.8 Å². The molecule has 2 unspecified atom stereocenters. The third-order valence-corrected chi connectivity index (χ3v) is 7.55. The van der Waals surface area contributed by atoms with Gasteiger partial charge in [-0.2, -0.15) is 0 Å². The molecule has 2 amide bonds. The Hall–Kier alpha value is -2.97. The van der Waals surface area contributed by atoms with Crippen LogP contribution in [0.3, 0.4) is 0 Å². The summed E-state index contributed by atoms with van der Waals surface area (Å²) in [6.07, 6.45) is 3.71. The van der Waals surface area contributed by atoms with E-state index in [1.807, 2.05) is 26.0 Å². The lowest BCUT2D eigenvalue weighted by Gasteiger charge is -2.25. The quantitative estimate of drug-likeness (QED) is 0.602. The summed E-state index contributed by atoms with van der Waals surface area (Å²) in [5.41, 5.74) is -0.804. The van der Waals surface area contributed by atoms with Crippen molar-refractivity contribution in [3.8, 4) is 0 Å². The topological polar surface area (TPSA) is 92.8 Å². The summed E-state index contributed by atoms with van der Waals surface area (Å²) in [7, 11) is -3.79. The first-order valence-corrected chi connectivity index (χ1v) is 11.1. The number of rotatable bonds is 4. The number of nitrogens with zero attached hydrogens (tertiary/aromatic N) is 1. The molecule has 3 aliphatic heterocycles. The minimum absolute atomic E-state index is 0.0402. The molecule has 2 bridgehead atoms. The highest BCUT2D eigenvalue weighted by Gasteiger charge is 2.70. The van der Waals surface area contributed by atoms with Crippen molar-refractivity contribution in [2.24, 2.45) is 11.8 Å². The standard InChI is InChI=1S/C22H20N2O5S/c1-21-12-13-22(2,29-21)18-17(21)19(25)24(20(18)26)15-8-10-16(11-9-15)30(27,28)23-14-6-4-3-5-7-14/h3-13,17-18,23H,1-2H3/t17?,18?,21-,22+. The first-order valence-electron chi connectivity index (χ1n) is 9.61. The average molecular weight is 424 g/mol. The molecule has 3 aliphatic rings. The number of benzene rings is 2. The summed E-state index contributed by atoms with van der Waals surface area (Å²) in [5.74, 6) is -1.80. The van der Waals surface area contributed by atoms with E-state index in [0.717, 1.165) is 4.90 Å². The summed E-state index contributed by atoms with van der Waals surface area (Å²) >= 11 is 0. The molecule has 1 N–H and O–H groups in total. The van der Waals surface area contributed by atoms with Gasteiger partial charge >= 0.3 is 0 Å². The molecule has 2 saturated heterocycles. The van der Waals surface area contributed by atoms with Crippen LogP contribution in [0.5, 0.6) is 0 Å². The van der Waals surface area contributed by atoms with Crippen LogP contribution in [0, 0.1) is 11.8 Å². The van der Waals surface area contributed by atoms with Crippen LogP contribution in [0.4, 0.5) is 11.4 Å². The van der Waals surface area contributed by atoms with Gasteiger partial charge < -0.3 is 4.74 Å². The fourth-order valence-corrected chi connectivity index (χ4v) is 5.84. The second-order valence-corrected chi connectivity index (χ2v) is 9.92. The molecule has 0 aliphatic carbocycles. The number of amides is 2. The highest BCUT2D eigenvalue weighted by molar-refractivity contribution is 7.92. The van der Waals surface area contributed by atoms with Crippen LogP contribution in [0.1, 0.15) is 13.8 Å². The number of fused-ring (bicyclic) bond motifs is 5. The molecule has 5 rings (SSSR count). The lowest BCUT2D eigenvalue weighted by molar-refractivity contribution is -0.128. The number of para-hydroxylation sites is 1. The molecule has 4 atom stereocenters. The van der Waals surface area contributed by atoms with Crippen LogP contribution >= 0.6 is 0 Å². The summed E-state index contributed by atoms with van der Waals surface area (Å²) in [6.45, 7) is 3.64. The molecule has 0 radical (unpaired) electrons. The van der Waals surface area contributed by atoms with Crippen molar-refractivity contribution in [1.29, 1.82) is 0 Å². The summed E-state index contributed by atoms with van der Waals surface area (Å²) < 4.78 is 33.7. The van der Waals surface area contributed by atoms with Crippen LogP contribution in [-0.4, -0.2) is 31.4 Å². The zero-order valence-electron chi connectivity index (χ0n) is 16.4. The fourth-order valence-electron chi connectivity index (χ4n) is 4.78. The van der Waals surface area contributed by atoms with Crippen molar-refractivity contribution in [3.05, 3.63) is 66.7 Å². The highest BCUT2D eigenvalue weighted by atomic mass is 32.2. The molecule has 0 spiro atoms. The van der Waals surface area contributed by atoms with Gasteiger partial charge in [-0.3, -0.25) is 14.3 Å². The maximum absolute atomic E-state index is 13.1. The van der Waals surface area contributed by atoms with Crippen molar-refractivity contribution >= 4 is 33.2 Å². The monoisotopic (exact) mass is 424 g/mol. The lowest BCUT2D eigenvalue weighted by Crippen LogP contribution is -2.39. The third-order valence-electron chi connectivity index (χ3n) is 6.16. The van der Waals surface area contributed by atoms with Gasteiger partial charge in [0.1, 0.15) is 0 Å². The highest BCUT2D eigenvalue weighted by Crippen LogP contribution is 2.57. The minimum Gasteiger partial charge on any atom is -0.359 e. The number of hydrogen-bond acceptors (Lipinski definition) is 5. The van der Waals surface area contributed by atoms with Crippen LogP contribution in [0.15, 0.2) is 71.6 Å². The van der Waals surface area contributed by atoms with Crippen molar-refractivity contribution in [3.63, 3.8) is 0 Å². The largest absolute Gasteiger partial charge is 0.359 e. The van der Waals surface area contributed by atoms with Gasteiger partial charge in [-0.25, -0.2) is 13.3 Å². The number of carbonyl (C=O) groups is 2. The SMILES string of the molecule is C[C@]12C=C[C@](C)(O1)C1C(=O)N(c3ccc(S(=O)(=O)Nc4ccccc4)cc3)C(=O)C12. The van der Waals surface area contributed by atoms with E-state index in [1.54, 1.807) is 30.3 Å². The zero-order valence-corrected chi connectivity index (χ0v) is 17.2. The van der Waals surface area contributed by atoms with E-state index in [1.165, 1.54) is 24.3 Å². The Bertz CT molecular complexity index is 1160. The van der Waals surface area contributed by atoms with Gasteiger partial charge in [0, 0.05) is 5.69 Å². The summed E-state index contributed by atoms with van der Waals surface area (Å²) in [4.78, 5) is 27.4. The predicted molar refractivity (Wildman–Crippen MR) is 110 cm³/mol. The van der Waals surface area contributed by atoms with Crippen molar-refractivity contribution in [2.45, 2.75) is 29.9 Å². The average Bonchev–Trinajstić information content (AvgIpc) is 3.26. The Balaban J connectivity index is 1.43. The van der Waals surface area contributed by atoms with Gasteiger partial charge in [0.15, 0.2) is 0 Å². The zero-order chi connectivity index (χ0) is 21.3. The molecule has 0 saturated carbocycles. The first kappa shape index (κ1) is 19.0. The summed E-state index contributed by atoms with van der Waals surface area (Å²) in [5, 5.41) is 0. The summed E-state index contributed by atoms with van der Waals surface area (Å²) in [6, 6.07) is 14.3. The van der Waals surface area contributed by atoms with E-state index in [9.17, 15) is 18.0 Å². The van der Waals surface area contributed by atoms with Crippen molar-refractivity contribution in [2.75, 3.05) is 9.62 Å². The second-order valence-electron chi connectivity index (χ2n) is 8.24. The van der Waals surface area contributed by atoms with Crippen molar-refractivity contribution < 1.29 is 22.7 Å². The molecule has 8 heteroatoms. The minimum atomic E-state index is -3.79. The molecule has 2 fully saturated rings. The van der Waals surface area contributed by atoms with E-state index in [0.29, 0.717) is 11.4 Å². The fraction of sp³-hybridized carbons (Fsp3) is 0.273. The molecule has 2 aromatic carbocycles. The van der Waals surface area contributed by atoms with Crippen LogP contribution in [0.25, 0.3) is 0 Å². The Labute approximate surface area is 174 Å². The molecule has 2 aromatic rings. The lowest BCUT2D eigenvalue weighted by atomic mass is 9.73. The number of carbonyl (C=O) groups excluding carboxylic acids is 2. The van der Waals surface area contributed by atoms with E-state index < -0.39 is 33.1 Å². The molecule has 30 heavy (non-hydrogen) atoms. The Morgan fingerprint density at radius 2 is 1.40 bits per heavy atom. The predicted octanol–water partition coefficient (Wildman–Crippen LogP) is 2.71. The van der Waals surface area contributed by atoms with Crippen molar-refractivity contribution in [1.82, 2.24) is 0 Å². The van der Waals surface area contributed by atoms with E-state index in [2.05, 4.69) is 4.72 Å². The molecule has 3 heterocycles. The number of sulfonamides is 1. The molecule has 154 valence electrons. The Morgan fingerprint density at radius 1 is 0.867 bits per heavy atom. The number of anilines is 2. The maximum Gasteiger partial charge on any atom is 0.261 e. The third kappa shape index (κ3) is 2.57. The molecule has 0 aromatic heterocycles. The Kier molecular flexibility index (Phi) is 3.82. The van der Waals surface area contributed by atoms with Crippen LogP contribution < -0.4 is 9.62 Å². The first-order chi connectivity index (χ1) is 14.1. The number of imide groups is 1. The normalized spacial score (nSPS) is 32.0. The smallest absolute Gasteiger partial charge is 0.261 e.